The van der Waals surface area contributed by atoms with Crippen LogP contribution in [0, 0.1) is 0 Å². The van der Waals surface area contributed by atoms with Gasteiger partial charge >= 0.3 is 0 Å². The molecule has 3 fully saturated rings. The number of hydrogen-bond donors (Lipinski definition) is 3. The summed E-state index contributed by atoms with van der Waals surface area (Å²) in [7, 11) is 0. The van der Waals surface area contributed by atoms with Crippen LogP contribution in [0.2, 0.25) is 0 Å². The first-order valence-electron chi connectivity index (χ1n) is 22.9. The molecule has 338 valence electrons. The molecule has 2 atom stereocenters. The van der Waals surface area contributed by atoms with E-state index in [2.05, 4.69) is 72.4 Å². The molecular formula is C50H55N13O3. The van der Waals surface area contributed by atoms with Crippen LogP contribution >= 0.6 is 0 Å². The average Bonchev–Trinajstić information content (AvgIpc) is 4.19. The van der Waals surface area contributed by atoms with Crippen molar-refractivity contribution in [1.82, 2.24) is 44.1 Å². The maximum atomic E-state index is 9.57. The molecule has 16 nitrogen and oxygen atoms in total. The number of imidazole rings is 2. The summed E-state index contributed by atoms with van der Waals surface area (Å²) in [5.41, 5.74) is 6.72. The number of fused-ring (bicyclic) bond motifs is 2. The molecule has 3 saturated heterocycles. The molecule has 11 rings (SSSR count). The van der Waals surface area contributed by atoms with E-state index in [0.717, 1.165) is 120 Å². The van der Waals surface area contributed by atoms with E-state index in [9.17, 15) is 5.11 Å². The predicted molar refractivity (Wildman–Crippen MR) is 258 cm³/mol. The Morgan fingerprint density at radius 2 is 1.17 bits per heavy atom. The third-order valence-corrected chi connectivity index (χ3v) is 12.5. The lowest BCUT2D eigenvalue weighted by atomic mass is 10.1. The number of hydrogen-bond acceptors (Lipinski definition) is 14. The third-order valence-electron chi connectivity index (χ3n) is 12.5. The first-order chi connectivity index (χ1) is 32.4. The Kier molecular flexibility index (Phi) is 12.6. The van der Waals surface area contributed by atoms with Gasteiger partial charge in [0.1, 0.15) is 41.4 Å². The second kappa shape index (κ2) is 19.4. The summed E-state index contributed by atoms with van der Waals surface area (Å²) < 4.78 is 14.9. The van der Waals surface area contributed by atoms with Crippen LogP contribution in [0.4, 0.5) is 34.6 Å². The lowest BCUT2D eigenvalue weighted by molar-refractivity contribution is 0.0322. The summed E-state index contributed by atoms with van der Waals surface area (Å²) in [4.78, 5) is 25.8. The third kappa shape index (κ3) is 9.70. The smallest absolute Gasteiger partial charge is 0.177 e. The number of ether oxygens (including phenoxy) is 2. The second-order valence-electron chi connectivity index (χ2n) is 17.0. The first kappa shape index (κ1) is 42.6. The Labute approximate surface area is 383 Å². The summed E-state index contributed by atoms with van der Waals surface area (Å²) in [5, 5.41) is 25.9. The minimum absolute atomic E-state index is 0.230. The molecule has 0 bridgehead atoms. The first-order valence-corrected chi connectivity index (χ1v) is 22.9. The Bertz CT molecular complexity index is 2880. The van der Waals surface area contributed by atoms with Crippen molar-refractivity contribution in [3.8, 4) is 34.0 Å². The molecule has 0 saturated carbocycles. The van der Waals surface area contributed by atoms with Gasteiger partial charge in [0, 0.05) is 80.7 Å². The molecule has 3 aliphatic rings. The zero-order valence-corrected chi connectivity index (χ0v) is 37.4. The number of aromatic hydroxyl groups is 1. The second-order valence-corrected chi connectivity index (χ2v) is 17.0. The monoisotopic (exact) mass is 885 g/mol. The van der Waals surface area contributed by atoms with Gasteiger partial charge in [-0.3, -0.25) is 4.90 Å². The van der Waals surface area contributed by atoms with Crippen molar-refractivity contribution in [3.63, 3.8) is 0 Å². The lowest BCUT2D eigenvalue weighted by Gasteiger charge is -2.26. The number of pyridine rings is 2. The van der Waals surface area contributed by atoms with Crippen molar-refractivity contribution in [3.05, 3.63) is 122 Å². The molecule has 3 aliphatic heterocycles. The van der Waals surface area contributed by atoms with E-state index >= 15 is 0 Å². The highest BCUT2D eigenvalue weighted by atomic mass is 16.5. The van der Waals surface area contributed by atoms with Crippen LogP contribution in [0.15, 0.2) is 122 Å². The van der Waals surface area contributed by atoms with Crippen LogP contribution in [-0.4, -0.2) is 114 Å². The zero-order valence-electron chi connectivity index (χ0n) is 37.4. The number of aromatic nitrogens is 8. The van der Waals surface area contributed by atoms with Gasteiger partial charge in [0.05, 0.1) is 36.0 Å². The molecule has 2 aromatic carbocycles. The van der Waals surface area contributed by atoms with E-state index in [1.807, 2.05) is 79.1 Å². The number of nitrogens with one attached hydrogen (secondary N) is 2. The molecular weight excluding hydrogens is 831 g/mol. The van der Waals surface area contributed by atoms with E-state index in [0.29, 0.717) is 18.7 Å². The molecule has 3 N–H and O–H groups in total. The van der Waals surface area contributed by atoms with E-state index in [-0.39, 0.29) is 5.75 Å². The zero-order chi connectivity index (χ0) is 44.8. The largest absolute Gasteiger partial charge is 0.508 e. The molecule has 0 amide bonds. The Hall–Kier alpha value is -7.30. The normalized spacial score (nSPS) is 17.5. The van der Waals surface area contributed by atoms with Crippen LogP contribution in [0.25, 0.3) is 33.8 Å². The quantitative estimate of drug-likeness (QED) is 0.107. The van der Waals surface area contributed by atoms with Crippen LogP contribution in [0.3, 0.4) is 0 Å². The standard InChI is InChI=1S/C28H33N7O2.C22H22N6O/c1-21-4-3-12-34(21)27-6-2-5-26(31-27)30-25-20-24(32-35-13-11-29-28(25)35)22-7-9-23(10-8-22)37-19-16-33-14-17-36-18-15-33;1-15-4-3-12-27(15)21-6-2-5-20(25-21)24-19-14-18(16-7-9-17(29)10-8-16)26-28-13-11-23-22(19)28/h2,5-11,13,20-21H,3-4,12,14-19H2,1H3,(H,30,31);2,5-11,13-15,29H,3-4,12H2,1H3,(H,24,25). The molecule has 9 heterocycles. The van der Waals surface area contributed by atoms with Crippen molar-refractivity contribution in [2.45, 2.75) is 51.6 Å². The van der Waals surface area contributed by atoms with Crippen molar-refractivity contribution < 1.29 is 14.6 Å². The van der Waals surface area contributed by atoms with E-state index in [1.54, 1.807) is 33.6 Å². The molecule has 8 aromatic rings. The topological polar surface area (TPSA) is 159 Å². The van der Waals surface area contributed by atoms with Crippen molar-refractivity contribution in [2.75, 3.05) is 73.0 Å². The minimum Gasteiger partial charge on any atom is -0.508 e. The maximum Gasteiger partial charge on any atom is 0.177 e. The van der Waals surface area contributed by atoms with Crippen molar-refractivity contribution >= 4 is 45.9 Å². The van der Waals surface area contributed by atoms with Crippen molar-refractivity contribution in [1.29, 1.82) is 0 Å². The fraction of sp³-hybridized carbons (Fsp3) is 0.320. The van der Waals surface area contributed by atoms with Gasteiger partial charge in [-0.05, 0) is 124 Å². The molecule has 2 unspecified atom stereocenters. The minimum atomic E-state index is 0.230. The fourth-order valence-electron chi connectivity index (χ4n) is 8.90. The molecule has 6 aromatic heterocycles. The Morgan fingerprint density at radius 3 is 1.67 bits per heavy atom. The highest BCUT2D eigenvalue weighted by Crippen LogP contribution is 2.31. The van der Waals surface area contributed by atoms with E-state index in [1.165, 1.54) is 25.7 Å². The number of phenolic OH excluding ortho intramolecular Hbond substituents is 1. The van der Waals surface area contributed by atoms with Gasteiger partial charge in [0.2, 0.25) is 0 Å². The number of benzene rings is 2. The number of nitrogens with zero attached hydrogens (tertiary/aromatic N) is 11. The summed E-state index contributed by atoms with van der Waals surface area (Å²) in [6.45, 7) is 11.7. The van der Waals surface area contributed by atoms with Gasteiger partial charge in [-0.2, -0.15) is 10.2 Å². The molecule has 66 heavy (non-hydrogen) atoms. The van der Waals surface area contributed by atoms with Crippen LogP contribution in [0.5, 0.6) is 11.5 Å². The number of phenols is 1. The van der Waals surface area contributed by atoms with Crippen LogP contribution < -0.4 is 25.2 Å². The SMILES string of the molecule is CC1CCCN1c1cccc(Nc2cc(-c3ccc(O)cc3)nn3ccnc23)n1.CC1CCCN1c1cccc(Nc2cc(-c3ccc(OCCN4CCOCC4)cc3)nn3ccnc23)n1. The summed E-state index contributed by atoms with van der Waals surface area (Å²) in [5.74, 6) is 4.65. The molecule has 16 heteroatoms. The van der Waals surface area contributed by atoms with Gasteiger partial charge in [-0.15, -0.1) is 0 Å². The average molecular weight is 886 g/mol. The maximum absolute atomic E-state index is 9.57. The summed E-state index contributed by atoms with van der Waals surface area (Å²) in [6.07, 6.45) is 12.0. The molecule has 0 radical (unpaired) electrons. The number of morpholine rings is 1. The Morgan fingerprint density at radius 1 is 0.652 bits per heavy atom. The predicted octanol–water partition coefficient (Wildman–Crippen LogP) is 8.46. The molecule has 0 spiro atoms. The van der Waals surface area contributed by atoms with Gasteiger partial charge in [0.25, 0.3) is 0 Å². The highest BCUT2D eigenvalue weighted by molar-refractivity contribution is 5.78. The summed E-state index contributed by atoms with van der Waals surface area (Å²) in [6, 6.07) is 32.3. The van der Waals surface area contributed by atoms with Gasteiger partial charge in [-0.1, -0.05) is 12.1 Å². The highest BCUT2D eigenvalue weighted by Gasteiger charge is 2.23. The fourth-order valence-corrected chi connectivity index (χ4v) is 8.90. The number of rotatable bonds is 12. The van der Waals surface area contributed by atoms with E-state index < -0.39 is 0 Å². The van der Waals surface area contributed by atoms with Gasteiger partial charge < -0.3 is 35.0 Å². The Balaban J connectivity index is 0.000000160. The van der Waals surface area contributed by atoms with Gasteiger partial charge in [0.15, 0.2) is 11.3 Å². The van der Waals surface area contributed by atoms with Crippen molar-refractivity contribution in [2.24, 2.45) is 0 Å². The van der Waals surface area contributed by atoms with Crippen LogP contribution in [-0.2, 0) is 4.74 Å². The molecule has 0 aliphatic carbocycles. The van der Waals surface area contributed by atoms with E-state index in [4.69, 9.17) is 24.5 Å². The van der Waals surface area contributed by atoms with Crippen LogP contribution in [0.1, 0.15) is 39.5 Å². The lowest BCUT2D eigenvalue weighted by Crippen LogP contribution is -2.38. The number of anilines is 6. The summed E-state index contributed by atoms with van der Waals surface area (Å²) >= 11 is 0. The van der Waals surface area contributed by atoms with Gasteiger partial charge in [-0.25, -0.2) is 29.0 Å².